The molecule has 0 amide bonds. The summed E-state index contributed by atoms with van der Waals surface area (Å²) >= 11 is 13.7. The first-order valence-electron chi connectivity index (χ1n) is 6.68. The molecule has 0 radical (unpaired) electrons. The maximum Gasteiger partial charge on any atom is 0.211 e. The predicted molar refractivity (Wildman–Crippen MR) is 96.0 cm³/mol. The van der Waals surface area contributed by atoms with Gasteiger partial charge in [-0.25, -0.2) is 0 Å². The Kier molecular flexibility index (Phi) is 6.22. The molecule has 0 spiro atoms. The molecule has 114 valence electrons. The average Bonchev–Trinajstić information content (AvgIpc) is 2.56. The summed E-state index contributed by atoms with van der Waals surface area (Å²) in [4.78, 5) is 0. The average molecular weight is 439 g/mol. The van der Waals surface area contributed by atoms with Crippen LogP contribution >= 0.6 is 29.5 Å². The summed E-state index contributed by atoms with van der Waals surface area (Å²) in [5, 5.41) is 3.95. The molecule has 22 heavy (non-hydrogen) atoms. The molecule has 0 aromatic heterocycles. The van der Waals surface area contributed by atoms with Gasteiger partial charge in [0.2, 0.25) is 6.62 Å². The molecular formula is C18H14Cl2PPd+. The first-order valence-corrected chi connectivity index (χ1v) is 9.75. The zero-order valence-electron chi connectivity index (χ0n) is 11.6. The molecular weight excluding hydrogens is 424 g/mol. The Balaban J connectivity index is 0.00000176. The van der Waals surface area contributed by atoms with E-state index in [1.165, 1.54) is 0 Å². The standard InChI is InChI=1S/C18H14Cl2P.Pd/c19-17-13-7-8-14-18(17)21(20,15-9-3-1-4-10-15)16-11-5-2-6-12-16;/h1-14H;/q+1;. The Bertz CT molecular complexity index is 693. The van der Waals surface area contributed by atoms with Crippen LogP contribution in [0.25, 0.3) is 0 Å². The van der Waals surface area contributed by atoms with Crippen molar-refractivity contribution in [3.63, 3.8) is 0 Å². The molecule has 3 aromatic rings. The van der Waals surface area contributed by atoms with Crippen LogP contribution in [0.3, 0.4) is 0 Å². The van der Waals surface area contributed by atoms with Gasteiger partial charge in [0.15, 0.2) is 0 Å². The molecule has 0 saturated carbocycles. The van der Waals surface area contributed by atoms with Gasteiger partial charge in [-0.3, -0.25) is 0 Å². The summed E-state index contributed by atoms with van der Waals surface area (Å²) in [5.41, 5.74) is 0. The number of benzene rings is 3. The van der Waals surface area contributed by atoms with Crippen molar-refractivity contribution >= 4 is 45.4 Å². The van der Waals surface area contributed by atoms with Gasteiger partial charge in [-0.1, -0.05) is 60.1 Å². The topological polar surface area (TPSA) is 0 Å². The Morgan fingerprint density at radius 1 is 0.591 bits per heavy atom. The monoisotopic (exact) mass is 437 g/mol. The third-order valence-electron chi connectivity index (χ3n) is 3.41. The van der Waals surface area contributed by atoms with Crippen LogP contribution in [0.1, 0.15) is 0 Å². The van der Waals surface area contributed by atoms with Gasteiger partial charge < -0.3 is 0 Å². The van der Waals surface area contributed by atoms with Crippen molar-refractivity contribution in [2.75, 3.05) is 0 Å². The second-order valence-corrected chi connectivity index (χ2v) is 9.33. The Morgan fingerprint density at radius 2 is 1.00 bits per heavy atom. The zero-order valence-corrected chi connectivity index (χ0v) is 15.6. The minimum Gasteiger partial charge on any atom is -0.0799 e. The third-order valence-corrected chi connectivity index (χ3v) is 8.66. The zero-order chi connectivity index (χ0) is 14.7. The molecule has 0 heterocycles. The fraction of sp³-hybridized carbons (Fsp3) is 0. The van der Waals surface area contributed by atoms with Gasteiger partial charge in [0.25, 0.3) is 0 Å². The quantitative estimate of drug-likeness (QED) is 0.408. The Hall–Kier alpha value is -0.668. The maximum atomic E-state index is 7.25. The van der Waals surface area contributed by atoms with E-state index in [1.54, 1.807) is 0 Å². The first kappa shape index (κ1) is 17.7. The van der Waals surface area contributed by atoms with Crippen molar-refractivity contribution in [2.45, 2.75) is 0 Å². The Morgan fingerprint density at radius 3 is 1.45 bits per heavy atom. The fourth-order valence-corrected chi connectivity index (χ4v) is 6.84. The molecule has 0 aliphatic rings. The minimum absolute atomic E-state index is 0. The van der Waals surface area contributed by atoms with E-state index in [1.807, 2.05) is 60.7 Å². The smallest absolute Gasteiger partial charge is 0.0799 e. The van der Waals surface area contributed by atoms with E-state index in [9.17, 15) is 0 Å². The van der Waals surface area contributed by atoms with E-state index in [0.717, 1.165) is 15.9 Å². The van der Waals surface area contributed by atoms with E-state index in [2.05, 4.69) is 24.3 Å². The van der Waals surface area contributed by atoms with Crippen molar-refractivity contribution < 1.29 is 20.4 Å². The summed E-state index contributed by atoms with van der Waals surface area (Å²) < 4.78 is 0. The van der Waals surface area contributed by atoms with Crippen molar-refractivity contribution in [3.8, 4) is 0 Å². The summed E-state index contributed by atoms with van der Waals surface area (Å²) in [7, 11) is 0. The van der Waals surface area contributed by atoms with Gasteiger partial charge in [-0.2, -0.15) is 0 Å². The van der Waals surface area contributed by atoms with Crippen molar-refractivity contribution in [3.05, 3.63) is 90.0 Å². The molecule has 0 aliphatic carbocycles. The summed E-state index contributed by atoms with van der Waals surface area (Å²) in [5.74, 6) is 0. The van der Waals surface area contributed by atoms with E-state index < -0.39 is 6.62 Å². The molecule has 0 fully saturated rings. The molecule has 0 atom stereocenters. The molecule has 0 bridgehead atoms. The van der Waals surface area contributed by atoms with Gasteiger partial charge in [0.1, 0.15) is 27.2 Å². The van der Waals surface area contributed by atoms with Gasteiger partial charge in [0.05, 0.1) is 5.02 Å². The summed E-state index contributed by atoms with van der Waals surface area (Å²) in [6.07, 6.45) is 0. The van der Waals surface area contributed by atoms with Crippen LogP contribution in [0.2, 0.25) is 5.02 Å². The van der Waals surface area contributed by atoms with Crippen LogP contribution < -0.4 is 15.9 Å². The molecule has 0 nitrogen and oxygen atoms in total. The van der Waals surface area contributed by atoms with Gasteiger partial charge in [0, 0.05) is 20.4 Å². The second kappa shape index (κ2) is 7.74. The van der Waals surface area contributed by atoms with E-state index in [0.29, 0.717) is 5.02 Å². The van der Waals surface area contributed by atoms with Crippen LogP contribution in [-0.2, 0) is 20.4 Å². The predicted octanol–water partition coefficient (Wildman–Crippen LogP) is 4.79. The molecule has 0 saturated heterocycles. The van der Waals surface area contributed by atoms with Crippen LogP contribution in [0.5, 0.6) is 0 Å². The van der Waals surface area contributed by atoms with E-state index in [4.69, 9.17) is 22.8 Å². The van der Waals surface area contributed by atoms with Crippen molar-refractivity contribution in [1.82, 2.24) is 0 Å². The summed E-state index contributed by atoms with van der Waals surface area (Å²) in [6, 6.07) is 28.3. The first-order chi connectivity index (χ1) is 10.2. The normalized spacial score (nSPS) is 10.8. The Labute approximate surface area is 155 Å². The van der Waals surface area contributed by atoms with Gasteiger partial charge in [-0.15, -0.1) is 0 Å². The molecule has 0 N–H and O–H groups in total. The molecule has 0 unspecified atom stereocenters. The molecule has 4 heteroatoms. The number of hydrogen-bond donors (Lipinski definition) is 0. The van der Waals surface area contributed by atoms with E-state index >= 15 is 0 Å². The van der Waals surface area contributed by atoms with Gasteiger partial charge >= 0.3 is 0 Å². The van der Waals surface area contributed by atoms with E-state index in [-0.39, 0.29) is 20.4 Å². The minimum atomic E-state index is -2.22. The van der Waals surface area contributed by atoms with Crippen LogP contribution in [0, 0.1) is 0 Å². The largest absolute Gasteiger partial charge is 0.211 e. The number of rotatable bonds is 3. The van der Waals surface area contributed by atoms with Crippen LogP contribution in [-0.4, -0.2) is 0 Å². The third kappa shape index (κ3) is 3.31. The maximum absolute atomic E-state index is 7.25. The van der Waals surface area contributed by atoms with Crippen LogP contribution in [0.15, 0.2) is 84.9 Å². The van der Waals surface area contributed by atoms with Crippen LogP contribution in [0.4, 0.5) is 0 Å². The molecule has 3 aromatic carbocycles. The molecule has 0 aliphatic heterocycles. The fourth-order valence-electron chi connectivity index (χ4n) is 2.40. The second-order valence-electron chi connectivity index (χ2n) is 4.71. The van der Waals surface area contributed by atoms with Gasteiger partial charge in [-0.05, 0) is 36.4 Å². The number of hydrogen-bond acceptors (Lipinski definition) is 0. The SMILES string of the molecule is Clc1ccccc1[P+](Cl)(c1ccccc1)c1ccccc1.[Pd]. The summed E-state index contributed by atoms with van der Waals surface area (Å²) in [6.45, 7) is -2.22. The van der Waals surface area contributed by atoms with Crippen molar-refractivity contribution in [1.29, 1.82) is 0 Å². The van der Waals surface area contributed by atoms with Crippen molar-refractivity contribution in [2.24, 2.45) is 0 Å². The molecule has 3 rings (SSSR count). The number of halogens is 2.